The Hall–Kier alpha value is -0.730. The average molecular weight is 213 g/mol. The van der Waals surface area contributed by atoms with Gasteiger partial charge in [-0.3, -0.25) is 4.99 Å². The van der Waals surface area contributed by atoms with Crippen LogP contribution in [0.15, 0.2) is 4.99 Å². The topological polar surface area (TPSA) is 50.4 Å². The van der Waals surface area contributed by atoms with E-state index in [4.69, 9.17) is 5.73 Å². The molecule has 0 aliphatic heterocycles. The maximum absolute atomic E-state index is 5.60. The molecule has 0 saturated carbocycles. The van der Waals surface area contributed by atoms with Gasteiger partial charge in [0.1, 0.15) is 0 Å². The molecule has 0 heterocycles. The van der Waals surface area contributed by atoms with E-state index < -0.39 is 0 Å². The minimum atomic E-state index is 0.587. The van der Waals surface area contributed by atoms with Crippen LogP contribution in [0.1, 0.15) is 58.8 Å². The Bertz CT molecular complexity index is 155. The highest BCUT2D eigenvalue weighted by Crippen LogP contribution is 2.06. The molecule has 3 nitrogen and oxygen atoms in total. The summed E-state index contributed by atoms with van der Waals surface area (Å²) in [6.45, 7) is 5.99. The van der Waals surface area contributed by atoms with Crippen LogP contribution in [0.2, 0.25) is 0 Å². The van der Waals surface area contributed by atoms with Crippen LogP contribution in [0.25, 0.3) is 0 Å². The van der Waals surface area contributed by atoms with Crippen molar-refractivity contribution in [3.63, 3.8) is 0 Å². The zero-order valence-corrected chi connectivity index (χ0v) is 10.4. The van der Waals surface area contributed by atoms with E-state index in [0.717, 1.165) is 19.5 Å². The fourth-order valence-corrected chi connectivity index (χ4v) is 1.51. The second-order valence-corrected chi connectivity index (χ2v) is 3.92. The first-order valence-corrected chi connectivity index (χ1v) is 6.35. The number of hydrogen-bond donors (Lipinski definition) is 2. The Kier molecular flexibility index (Phi) is 10.8. The number of nitrogens with zero attached hydrogens (tertiary/aromatic N) is 1. The first kappa shape index (κ1) is 14.3. The van der Waals surface area contributed by atoms with Gasteiger partial charge in [-0.15, -0.1) is 0 Å². The van der Waals surface area contributed by atoms with Gasteiger partial charge in [0.15, 0.2) is 5.96 Å². The number of unbranched alkanes of at least 4 members (excludes halogenated alkanes) is 6. The predicted octanol–water partition coefficient (Wildman–Crippen LogP) is 2.66. The minimum absolute atomic E-state index is 0.587. The molecule has 0 aromatic carbocycles. The predicted molar refractivity (Wildman–Crippen MR) is 68.2 cm³/mol. The molecule has 0 aliphatic rings. The molecule has 0 radical (unpaired) electrons. The summed E-state index contributed by atoms with van der Waals surface area (Å²) in [5.74, 6) is 0.587. The van der Waals surface area contributed by atoms with Crippen LogP contribution in [-0.4, -0.2) is 19.0 Å². The van der Waals surface area contributed by atoms with Gasteiger partial charge in [-0.25, -0.2) is 0 Å². The van der Waals surface area contributed by atoms with E-state index in [0.29, 0.717) is 5.96 Å². The molecule has 0 unspecified atom stereocenters. The van der Waals surface area contributed by atoms with E-state index in [9.17, 15) is 0 Å². The van der Waals surface area contributed by atoms with Crippen molar-refractivity contribution >= 4 is 5.96 Å². The lowest BCUT2D eigenvalue weighted by Crippen LogP contribution is -2.31. The van der Waals surface area contributed by atoms with Crippen molar-refractivity contribution in [2.75, 3.05) is 13.1 Å². The van der Waals surface area contributed by atoms with Crippen molar-refractivity contribution in [3.8, 4) is 0 Å². The minimum Gasteiger partial charge on any atom is -0.370 e. The number of rotatable bonds is 9. The Morgan fingerprint density at radius 2 is 1.60 bits per heavy atom. The molecule has 90 valence electrons. The number of guanidine groups is 1. The van der Waals surface area contributed by atoms with Gasteiger partial charge >= 0.3 is 0 Å². The largest absolute Gasteiger partial charge is 0.370 e. The van der Waals surface area contributed by atoms with Gasteiger partial charge in [0, 0.05) is 13.1 Å². The molecule has 3 N–H and O–H groups in total. The summed E-state index contributed by atoms with van der Waals surface area (Å²) >= 11 is 0. The van der Waals surface area contributed by atoms with Crippen LogP contribution >= 0.6 is 0 Å². The van der Waals surface area contributed by atoms with Crippen molar-refractivity contribution < 1.29 is 0 Å². The number of nitrogens with two attached hydrogens (primary N) is 1. The number of hydrogen-bond acceptors (Lipinski definition) is 1. The van der Waals surface area contributed by atoms with E-state index in [2.05, 4.69) is 17.2 Å². The molecule has 15 heavy (non-hydrogen) atoms. The Balaban J connectivity index is 3.13. The van der Waals surface area contributed by atoms with Crippen molar-refractivity contribution in [1.82, 2.24) is 5.32 Å². The third-order valence-corrected chi connectivity index (χ3v) is 2.40. The summed E-state index contributed by atoms with van der Waals surface area (Å²) in [6.07, 6.45) is 9.26. The summed E-state index contributed by atoms with van der Waals surface area (Å²) < 4.78 is 0. The van der Waals surface area contributed by atoms with Gasteiger partial charge in [0.25, 0.3) is 0 Å². The van der Waals surface area contributed by atoms with Crippen molar-refractivity contribution in [2.45, 2.75) is 58.8 Å². The summed E-state index contributed by atoms with van der Waals surface area (Å²) in [5.41, 5.74) is 5.60. The molecule has 0 saturated heterocycles. The third-order valence-electron chi connectivity index (χ3n) is 2.40. The molecule has 0 aromatic heterocycles. The Morgan fingerprint density at radius 1 is 1.00 bits per heavy atom. The molecule has 0 rings (SSSR count). The van der Waals surface area contributed by atoms with Crippen LogP contribution in [0.4, 0.5) is 0 Å². The highest BCUT2D eigenvalue weighted by Gasteiger charge is 1.91. The van der Waals surface area contributed by atoms with E-state index in [1.807, 2.05) is 6.92 Å². The fourth-order valence-electron chi connectivity index (χ4n) is 1.51. The lowest BCUT2D eigenvalue weighted by molar-refractivity contribution is 0.592. The fraction of sp³-hybridized carbons (Fsp3) is 0.917. The summed E-state index contributed by atoms with van der Waals surface area (Å²) in [7, 11) is 0. The maximum atomic E-state index is 5.60. The first-order chi connectivity index (χ1) is 7.31. The van der Waals surface area contributed by atoms with Gasteiger partial charge in [-0.2, -0.15) is 0 Å². The van der Waals surface area contributed by atoms with Crippen LogP contribution in [0, 0.1) is 0 Å². The number of aliphatic imine (C=N–C) groups is 1. The zero-order valence-electron chi connectivity index (χ0n) is 10.4. The summed E-state index contributed by atoms with van der Waals surface area (Å²) in [5, 5.41) is 2.99. The molecule has 0 aliphatic carbocycles. The molecule has 0 atom stereocenters. The average Bonchev–Trinajstić information content (AvgIpc) is 2.22. The zero-order chi connectivity index (χ0) is 11.4. The van der Waals surface area contributed by atoms with E-state index in [1.165, 1.54) is 38.5 Å². The lowest BCUT2D eigenvalue weighted by Gasteiger charge is -2.02. The second-order valence-electron chi connectivity index (χ2n) is 3.92. The first-order valence-electron chi connectivity index (χ1n) is 6.35. The number of nitrogens with one attached hydrogen (secondary N) is 1. The van der Waals surface area contributed by atoms with Crippen LogP contribution < -0.4 is 11.1 Å². The molecule has 3 heteroatoms. The van der Waals surface area contributed by atoms with Crippen LogP contribution in [-0.2, 0) is 0 Å². The maximum Gasteiger partial charge on any atom is 0.188 e. The highest BCUT2D eigenvalue weighted by atomic mass is 15.1. The van der Waals surface area contributed by atoms with Crippen molar-refractivity contribution in [1.29, 1.82) is 0 Å². The quantitative estimate of drug-likeness (QED) is 0.351. The van der Waals surface area contributed by atoms with Crippen LogP contribution in [0.3, 0.4) is 0 Å². The molecule has 0 amide bonds. The molecule has 0 fully saturated rings. The SMILES string of the molecule is CCCCCCCCCN=C(N)NCC. The van der Waals surface area contributed by atoms with E-state index >= 15 is 0 Å². The molecular formula is C12H27N3. The Labute approximate surface area is 94.5 Å². The van der Waals surface area contributed by atoms with E-state index in [1.54, 1.807) is 0 Å². The molecule has 0 aromatic rings. The van der Waals surface area contributed by atoms with Crippen molar-refractivity contribution in [2.24, 2.45) is 10.7 Å². The molecule has 0 spiro atoms. The van der Waals surface area contributed by atoms with Crippen LogP contribution in [0.5, 0.6) is 0 Å². The summed E-state index contributed by atoms with van der Waals surface area (Å²) in [6, 6.07) is 0. The second kappa shape index (κ2) is 11.3. The standard InChI is InChI=1S/C12H27N3/c1-3-5-6-7-8-9-10-11-15-12(13)14-4-2/h3-11H2,1-2H3,(H3,13,14,15). The van der Waals surface area contributed by atoms with Crippen molar-refractivity contribution in [3.05, 3.63) is 0 Å². The monoisotopic (exact) mass is 213 g/mol. The van der Waals surface area contributed by atoms with Gasteiger partial charge in [-0.05, 0) is 13.3 Å². The van der Waals surface area contributed by atoms with Gasteiger partial charge in [-0.1, -0.05) is 45.4 Å². The lowest BCUT2D eigenvalue weighted by atomic mass is 10.1. The summed E-state index contributed by atoms with van der Waals surface area (Å²) in [4.78, 5) is 4.23. The smallest absolute Gasteiger partial charge is 0.188 e. The van der Waals surface area contributed by atoms with Gasteiger partial charge in [0.2, 0.25) is 0 Å². The van der Waals surface area contributed by atoms with E-state index in [-0.39, 0.29) is 0 Å². The molecular weight excluding hydrogens is 186 g/mol. The normalized spacial score (nSPS) is 11.7. The van der Waals surface area contributed by atoms with Gasteiger partial charge < -0.3 is 11.1 Å². The third kappa shape index (κ3) is 11.2. The van der Waals surface area contributed by atoms with Gasteiger partial charge in [0.05, 0.1) is 0 Å². The molecule has 0 bridgehead atoms. The highest BCUT2D eigenvalue weighted by molar-refractivity contribution is 5.77. The Morgan fingerprint density at radius 3 is 2.20 bits per heavy atom.